The van der Waals surface area contributed by atoms with Gasteiger partial charge < -0.3 is 20.0 Å². The Balaban J connectivity index is 0.00000240. The van der Waals surface area contributed by atoms with Crippen LogP contribution in [0.2, 0.25) is 0 Å². The van der Waals surface area contributed by atoms with Crippen molar-refractivity contribution in [2.24, 2.45) is 10.7 Å². The van der Waals surface area contributed by atoms with E-state index in [0.29, 0.717) is 30.5 Å². The van der Waals surface area contributed by atoms with Crippen LogP contribution in [-0.2, 0) is 6.42 Å². The van der Waals surface area contributed by atoms with Gasteiger partial charge in [-0.1, -0.05) is 0 Å². The summed E-state index contributed by atoms with van der Waals surface area (Å²) in [5.41, 5.74) is 7.17. The summed E-state index contributed by atoms with van der Waals surface area (Å²) >= 11 is 0. The Bertz CT molecular complexity index is 918. The van der Waals surface area contributed by atoms with E-state index in [1.165, 1.54) is 12.1 Å². The maximum atomic E-state index is 13.1. The molecule has 0 atom stereocenters. The molecule has 8 nitrogen and oxygen atoms in total. The lowest BCUT2D eigenvalue weighted by molar-refractivity contribution is 0.381. The number of hydrogen-bond acceptors (Lipinski definition) is 5. The van der Waals surface area contributed by atoms with Crippen LogP contribution in [0.3, 0.4) is 0 Å². The van der Waals surface area contributed by atoms with Gasteiger partial charge in [-0.05, 0) is 36.4 Å². The molecule has 1 aliphatic heterocycles. The van der Waals surface area contributed by atoms with E-state index >= 15 is 0 Å². The molecule has 1 aliphatic rings. The van der Waals surface area contributed by atoms with Crippen LogP contribution in [0.15, 0.2) is 52.1 Å². The maximum absolute atomic E-state index is 13.1. The highest BCUT2D eigenvalue weighted by Gasteiger charge is 2.18. The molecule has 0 aliphatic carbocycles. The van der Waals surface area contributed by atoms with Crippen LogP contribution >= 0.6 is 24.0 Å². The minimum Gasteiger partial charge on any atom is -0.461 e. The monoisotopic (exact) mass is 511 g/mol. The molecular formula is C19H23FIN7O. The van der Waals surface area contributed by atoms with Crippen LogP contribution < -0.4 is 10.6 Å². The number of piperazine rings is 1. The van der Waals surface area contributed by atoms with Crippen LogP contribution in [0.5, 0.6) is 0 Å². The first-order valence-corrected chi connectivity index (χ1v) is 9.19. The lowest BCUT2D eigenvalue weighted by Gasteiger charge is -2.36. The number of nitrogens with two attached hydrogens (primary N) is 1. The van der Waals surface area contributed by atoms with E-state index in [-0.39, 0.29) is 29.8 Å². The van der Waals surface area contributed by atoms with Crippen molar-refractivity contribution in [1.29, 1.82) is 0 Å². The van der Waals surface area contributed by atoms with Gasteiger partial charge in [-0.3, -0.25) is 10.1 Å². The number of aliphatic imine (C=N–C) groups is 1. The van der Waals surface area contributed by atoms with Gasteiger partial charge in [0.25, 0.3) is 0 Å². The van der Waals surface area contributed by atoms with Crippen molar-refractivity contribution >= 4 is 35.6 Å². The van der Waals surface area contributed by atoms with E-state index in [9.17, 15) is 4.39 Å². The van der Waals surface area contributed by atoms with Gasteiger partial charge >= 0.3 is 0 Å². The molecule has 154 valence electrons. The van der Waals surface area contributed by atoms with Gasteiger partial charge in [0, 0.05) is 44.8 Å². The van der Waals surface area contributed by atoms with Crippen molar-refractivity contribution < 1.29 is 8.81 Å². The van der Waals surface area contributed by atoms with Crippen LogP contribution in [0, 0.1) is 5.82 Å². The molecule has 3 heterocycles. The lowest BCUT2D eigenvalue weighted by Crippen LogP contribution is -2.51. The third-order valence-corrected chi connectivity index (χ3v) is 4.69. The van der Waals surface area contributed by atoms with Gasteiger partial charge in [0.15, 0.2) is 11.7 Å². The number of benzene rings is 1. The Labute approximate surface area is 185 Å². The molecule has 0 radical (unpaired) electrons. The van der Waals surface area contributed by atoms with Crippen LogP contribution in [0.1, 0.15) is 5.82 Å². The minimum absolute atomic E-state index is 0. The fourth-order valence-corrected chi connectivity index (χ4v) is 3.15. The molecule has 1 fully saturated rings. The quantitative estimate of drug-likeness (QED) is 0.310. The molecule has 2 aromatic heterocycles. The number of H-pyrrole nitrogens is 1. The molecule has 3 aromatic rings. The summed E-state index contributed by atoms with van der Waals surface area (Å²) in [6, 6.07) is 10.2. The van der Waals surface area contributed by atoms with Gasteiger partial charge in [0.1, 0.15) is 11.6 Å². The van der Waals surface area contributed by atoms with Gasteiger partial charge in [0.05, 0.1) is 6.26 Å². The van der Waals surface area contributed by atoms with E-state index in [1.54, 1.807) is 24.5 Å². The number of nitrogens with zero attached hydrogens (tertiary/aromatic N) is 5. The van der Waals surface area contributed by atoms with Gasteiger partial charge in [-0.25, -0.2) is 9.37 Å². The molecule has 1 aromatic carbocycles. The summed E-state index contributed by atoms with van der Waals surface area (Å²) in [6.07, 6.45) is 2.20. The second-order valence-corrected chi connectivity index (χ2v) is 6.52. The van der Waals surface area contributed by atoms with Gasteiger partial charge in [-0.2, -0.15) is 5.10 Å². The predicted octanol–water partition coefficient (Wildman–Crippen LogP) is 2.50. The molecule has 29 heavy (non-hydrogen) atoms. The van der Waals surface area contributed by atoms with E-state index in [1.807, 2.05) is 6.07 Å². The Morgan fingerprint density at radius 3 is 2.62 bits per heavy atom. The minimum atomic E-state index is -0.221. The van der Waals surface area contributed by atoms with Crippen molar-refractivity contribution in [3.8, 4) is 11.6 Å². The fourth-order valence-electron chi connectivity index (χ4n) is 3.15. The Hall–Kier alpha value is -2.63. The third-order valence-electron chi connectivity index (χ3n) is 4.69. The Kier molecular flexibility index (Phi) is 7.07. The molecule has 0 saturated carbocycles. The number of rotatable bonds is 5. The first-order valence-electron chi connectivity index (χ1n) is 9.19. The number of aromatic nitrogens is 3. The zero-order chi connectivity index (χ0) is 19.3. The van der Waals surface area contributed by atoms with E-state index < -0.39 is 0 Å². The molecule has 0 unspecified atom stereocenters. The average molecular weight is 511 g/mol. The predicted molar refractivity (Wildman–Crippen MR) is 120 cm³/mol. The summed E-state index contributed by atoms with van der Waals surface area (Å²) in [6.45, 7) is 3.71. The van der Waals surface area contributed by atoms with Crippen molar-refractivity contribution in [3.05, 3.63) is 54.3 Å². The van der Waals surface area contributed by atoms with Crippen LogP contribution in [0.4, 0.5) is 10.1 Å². The number of furan rings is 1. The third kappa shape index (κ3) is 5.25. The summed E-state index contributed by atoms with van der Waals surface area (Å²) in [4.78, 5) is 13.1. The zero-order valence-electron chi connectivity index (χ0n) is 15.8. The topological polar surface area (TPSA) is 99.6 Å². The summed E-state index contributed by atoms with van der Waals surface area (Å²) in [7, 11) is 0. The first-order chi connectivity index (χ1) is 13.7. The van der Waals surface area contributed by atoms with Crippen molar-refractivity contribution in [2.45, 2.75) is 6.42 Å². The van der Waals surface area contributed by atoms with Crippen molar-refractivity contribution in [3.63, 3.8) is 0 Å². The molecular weight excluding hydrogens is 488 g/mol. The standard InChI is InChI=1S/C19H22FN7O.HI/c20-14-3-5-15(6-4-14)26-9-11-27(12-10-26)19(21)22-8-7-17-23-18(25-24-17)16-2-1-13-28-16;/h1-6,13H,7-12H2,(H2,21,22)(H,23,24,25);1H. The molecule has 10 heteroatoms. The fraction of sp³-hybridized carbons (Fsp3) is 0.316. The molecule has 4 rings (SSSR count). The molecule has 0 amide bonds. The van der Waals surface area contributed by atoms with Crippen molar-refractivity contribution in [2.75, 3.05) is 37.6 Å². The number of halogens is 2. The average Bonchev–Trinajstić information content (AvgIpc) is 3.40. The molecule has 1 saturated heterocycles. The largest absolute Gasteiger partial charge is 0.461 e. The van der Waals surface area contributed by atoms with Gasteiger partial charge in [-0.15, -0.1) is 24.0 Å². The number of guanidine groups is 1. The molecule has 3 N–H and O–H groups in total. The highest BCUT2D eigenvalue weighted by molar-refractivity contribution is 14.0. The summed E-state index contributed by atoms with van der Waals surface area (Å²) in [5, 5.41) is 7.04. The van der Waals surface area contributed by atoms with Crippen LogP contribution in [-0.4, -0.2) is 58.8 Å². The molecule has 0 bridgehead atoms. The Morgan fingerprint density at radius 1 is 1.17 bits per heavy atom. The lowest BCUT2D eigenvalue weighted by atomic mass is 10.2. The van der Waals surface area contributed by atoms with E-state index in [2.05, 4.69) is 30.0 Å². The summed E-state index contributed by atoms with van der Waals surface area (Å²) in [5.74, 6) is 2.22. The van der Waals surface area contributed by atoms with E-state index in [0.717, 1.165) is 37.7 Å². The Morgan fingerprint density at radius 2 is 1.93 bits per heavy atom. The number of anilines is 1. The highest BCUT2D eigenvalue weighted by atomic mass is 127. The number of aromatic amines is 1. The second kappa shape index (κ2) is 9.72. The summed E-state index contributed by atoms with van der Waals surface area (Å²) < 4.78 is 18.3. The van der Waals surface area contributed by atoms with E-state index in [4.69, 9.17) is 10.2 Å². The first kappa shape index (κ1) is 21.1. The number of nitrogens with one attached hydrogen (secondary N) is 1. The smallest absolute Gasteiger partial charge is 0.216 e. The van der Waals surface area contributed by atoms with Crippen molar-refractivity contribution in [1.82, 2.24) is 20.1 Å². The highest BCUT2D eigenvalue weighted by Crippen LogP contribution is 2.17. The molecule has 0 spiro atoms. The van der Waals surface area contributed by atoms with Crippen LogP contribution in [0.25, 0.3) is 11.6 Å². The number of hydrogen-bond donors (Lipinski definition) is 2. The zero-order valence-corrected chi connectivity index (χ0v) is 18.1. The SMILES string of the molecule is I.NC(=NCCc1nc(-c2ccco2)n[nH]1)N1CCN(c2ccc(F)cc2)CC1. The second-order valence-electron chi connectivity index (χ2n) is 6.52. The van der Waals surface area contributed by atoms with Gasteiger partial charge in [0.2, 0.25) is 5.82 Å². The normalized spacial score (nSPS) is 14.7. The maximum Gasteiger partial charge on any atom is 0.216 e.